The zero-order valence-electron chi connectivity index (χ0n) is 60.2. The van der Waals surface area contributed by atoms with Crippen LogP contribution in [0.4, 0.5) is 4.79 Å². The molecule has 9 atom stereocenters. The minimum atomic E-state index is -2.25. The van der Waals surface area contributed by atoms with E-state index in [9.17, 15) is 39.3 Å². The number of unbranched alkanes of at least 4 members (excludes halogenated alkanes) is 5. The van der Waals surface area contributed by atoms with Gasteiger partial charge >= 0.3 is 18.0 Å². The molecule has 5 aromatic carbocycles. The van der Waals surface area contributed by atoms with E-state index in [-0.39, 0.29) is 130 Å². The molecule has 0 saturated carbocycles. The van der Waals surface area contributed by atoms with Crippen LogP contribution in [-0.4, -0.2) is 145 Å². The van der Waals surface area contributed by atoms with Crippen LogP contribution in [0, 0.1) is 5.92 Å². The number of imide groups is 1. The number of esters is 2. The lowest BCUT2D eigenvalue weighted by Gasteiger charge is -2.32. The maximum Gasteiger partial charge on any atom is 0.349 e. The highest BCUT2D eigenvalue weighted by atomic mass is 35.5. The van der Waals surface area contributed by atoms with Gasteiger partial charge in [0.15, 0.2) is 17.5 Å². The van der Waals surface area contributed by atoms with Crippen LogP contribution in [0.5, 0.6) is 46.0 Å². The van der Waals surface area contributed by atoms with E-state index in [4.69, 9.17) is 56.4 Å². The van der Waals surface area contributed by atoms with E-state index in [1.54, 1.807) is 13.8 Å². The summed E-state index contributed by atoms with van der Waals surface area (Å²) in [5.74, 6) is -13.7. The minimum Gasteiger partial charge on any atom is -0.502 e. The maximum absolute atomic E-state index is 16.2. The molecule has 0 aliphatic carbocycles. The van der Waals surface area contributed by atoms with Crippen LogP contribution in [0.15, 0.2) is 147 Å². The monoisotopic (exact) mass is 1540 g/mol. The van der Waals surface area contributed by atoms with Crippen molar-refractivity contribution in [2.24, 2.45) is 10.9 Å². The molecule has 0 unspecified atom stereocenters. The first kappa shape index (κ1) is 83.1. The summed E-state index contributed by atoms with van der Waals surface area (Å²) in [6.45, 7) is 23.2. The molecule has 0 spiro atoms. The van der Waals surface area contributed by atoms with Crippen molar-refractivity contribution < 1.29 is 96.4 Å². The van der Waals surface area contributed by atoms with Gasteiger partial charge in [-0.05, 0) is 95.6 Å². The normalized spacial score (nSPS) is 19.2. The van der Waals surface area contributed by atoms with Gasteiger partial charge in [-0.15, -0.1) is 0 Å². The molecule has 0 saturated heterocycles. The van der Waals surface area contributed by atoms with Crippen molar-refractivity contribution in [2.45, 2.75) is 127 Å². The molecule has 5 aromatic rings. The lowest BCUT2D eigenvalue weighted by atomic mass is 9.89. The van der Waals surface area contributed by atoms with E-state index in [1.165, 1.54) is 85.0 Å². The van der Waals surface area contributed by atoms with Crippen molar-refractivity contribution in [3.05, 3.63) is 180 Å². The smallest absolute Gasteiger partial charge is 0.349 e. The second-order valence-corrected chi connectivity index (χ2v) is 26.5. The maximum atomic E-state index is 16.2. The van der Waals surface area contributed by atoms with E-state index in [2.05, 4.69) is 87.3 Å². The first-order chi connectivity index (χ1) is 52.3. The van der Waals surface area contributed by atoms with E-state index in [0.29, 0.717) is 6.42 Å². The number of hydrogen-bond donors (Lipinski definition) is 11. The highest BCUT2D eigenvalue weighted by molar-refractivity contribution is 6.32. The number of carbonyl (C=O) groups excluding carboxylic acids is 10. The molecule has 0 radical (unpaired) electrons. The van der Waals surface area contributed by atoms with Crippen molar-refractivity contribution in [1.29, 1.82) is 0 Å². The van der Waals surface area contributed by atoms with Gasteiger partial charge in [-0.25, -0.2) is 14.4 Å². The number of aromatic hydroxyl groups is 1. The molecule has 5 aliphatic heterocycles. The van der Waals surface area contributed by atoms with Gasteiger partial charge in [0.1, 0.15) is 116 Å². The quantitative estimate of drug-likeness (QED) is 0.00920. The Balaban J connectivity index is 1.38. The number of nitrogens with zero attached hydrogens (tertiary/aromatic N) is 1. The number of fused-ring (bicyclic) bond motifs is 15. The Morgan fingerprint density at radius 1 is 0.606 bits per heavy atom. The number of carbonyl (C=O) groups is 10. The number of ether oxygens (including phenoxy) is 7. The van der Waals surface area contributed by atoms with E-state index in [1.807, 2.05) is 0 Å². The number of hydrogen-bond acceptors (Lipinski definition) is 21. The molecular formula is C78H87Cl2N9O20. The van der Waals surface area contributed by atoms with E-state index in [0.717, 1.165) is 62.6 Å². The fraction of sp³-hybridized carbons (Fsp3) is 0.346. The van der Waals surface area contributed by atoms with Crippen LogP contribution in [-0.2, 0) is 52.6 Å². The van der Waals surface area contributed by atoms with Gasteiger partial charge in [0, 0.05) is 29.3 Å². The Morgan fingerprint density at radius 3 is 1.82 bits per heavy atom. The summed E-state index contributed by atoms with van der Waals surface area (Å²) < 4.78 is 41.9. The second-order valence-electron chi connectivity index (χ2n) is 25.7. The Hall–Kier alpha value is -11.5. The number of aliphatic hydroxyl groups excluding tert-OH is 2. The third kappa shape index (κ3) is 22.1. The molecule has 5 aliphatic rings. The number of amides is 9. The molecular weight excluding hydrogens is 1450 g/mol. The van der Waals surface area contributed by atoms with Crippen molar-refractivity contribution in [1.82, 2.24) is 42.5 Å². The lowest BCUT2D eigenvalue weighted by molar-refractivity contribution is -0.147. The predicted molar refractivity (Wildman–Crippen MR) is 402 cm³/mol. The van der Waals surface area contributed by atoms with Gasteiger partial charge in [-0.2, -0.15) is 0 Å². The predicted octanol–water partition coefficient (Wildman–Crippen LogP) is 8.90. The number of rotatable bonds is 29. The molecule has 11 N–H and O–H groups in total. The highest BCUT2D eigenvalue weighted by Crippen LogP contribution is 2.48. The van der Waals surface area contributed by atoms with Crippen LogP contribution in [0.25, 0.3) is 11.1 Å². The second kappa shape index (κ2) is 39.9. The molecule has 29 nitrogen and oxygen atoms in total. The SMILES string of the molecule is C=CCOC(=O)C=N[C@H](CC(C)C)C(=O)N[C@H]1C(=O)N[C@@H](CC(=O)NC(=O)NCCCCCCCC)C(=O)N[C@H]2C(=O)N[C@H]3C(=O)N[C@@H](C(=O)N[C@H](C(=O)OCC=C)c4cc(OCC=C)cc(OCC=C)c4-c4cc3ccc4OCC=C)[C@H](O)c3ccc(c(Cl)c3)Oc3cc2cc(c3O)Oc2ccc(cc2Cl)[C@H]1O. The number of urea groups is 1. The third-order valence-electron chi connectivity index (χ3n) is 17.1. The fourth-order valence-electron chi connectivity index (χ4n) is 11.8. The summed E-state index contributed by atoms with van der Waals surface area (Å²) in [7, 11) is 0. The lowest BCUT2D eigenvalue weighted by Crippen LogP contribution is -2.58. The van der Waals surface area contributed by atoms with Gasteiger partial charge in [-0.3, -0.25) is 43.9 Å². The number of phenols is 1. The zero-order chi connectivity index (χ0) is 79.0. The summed E-state index contributed by atoms with van der Waals surface area (Å²) in [4.78, 5) is 152. The number of nitrogens with one attached hydrogen (secondary N) is 8. The molecule has 10 rings (SSSR count). The van der Waals surface area contributed by atoms with Gasteiger partial charge in [0.2, 0.25) is 47.1 Å². The van der Waals surface area contributed by atoms with Gasteiger partial charge in [-0.1, -0.05) is 158 Å². The van der Waals surface area contributed by atoms with Crippen LogP contribution in [0.1, 0.15) is 130 Å². The number of halogens is 2. The molecule has 0 fully saturated rings. The molecule has 31 heteroatoms. The Kier molecular flexibility index (Phi) is 30.4. The van der Waals surface area contributed by atoms with E-state index >= 15 is 24.0 Å². The van der Waals surface area contributed by atoms with Crippen LogP contribution in [0.3, 0.4) is 0 Å². The van der Waals surface area contributed by atoms with Crippen LogP contribution in [0.2, 0.25) is 10.0 Å². The number of aliphatic hydroxyl groups is 2. The summed E-state index contributed by atoms with van der Waals surface area (Å²) in [5, 5.41) is 56.7. The Labute approximate surface area is 638 Å². The van der Waals surface area contributed by atoms with Gasteiger partial charge < -0.3 is 85.7 Å². The van der Waals surface area contributed by atoms with E-state index < -0.39 is 137 Å². The third-order valence-corrected chi connectivity index (χ3v) is 17.7. The Bertz CT molecular complexity index is 4320. The van der Waals surface area contributed by atoms with Crippen LogP contribution < -0.4 is 66.2 Å². The topological polar surface area (TPSA) is 405 Å². The van der Waals surface area contributed by atoms with Crippen molar-refractivity contribution >= 4 is 88.7 Å². The first-order valence-electron chi connectivity index (χ1n) is 35.0. The van der Waals surface area contributed by atoms with Gasteiger partial charge in [0.25, 0.3) is 0 Å². The summed E-state index contributed by atoms with van der Waals surface area (Å²) in [5.41, 5.74) is -0.921. The number of aliphatic imine (C=N–C) groups is 1. The largest absolute Gasteiger partial charge is 0.502 e. The summed E-state index contributed by atoms with van der Waals surface area (Å²) in [6, 6.07) is 1.13. The summed E-state index contributed by atoms with van der Waals surface area (Å²) in [6.07, 6.45) is 7.37. The average molecular weight is 1540 g/mol. The zero-order valence-corrected chi connectivity index (χ0v) is 61.7. The first-order valence-corrected chi connectivity index (χ1v) is 35.8. The summed E-state index contributed by atoms with van der Waals surface area (Å²) >= 11 is 13.9. The molecule has 578 valence electrons. The van der Waals surface area contributed by atoms with Crippen molar-refractivity contribution in [3.63, 3.8) is 0 Å². The fourth-order valence-corrected chi connectivity index (χ4v) is 12.2. The highest BCUT2D eigenvalue weighted by Gasteiger charge is 2.43. The minimum absolute atomic E-state index is 0.00181. The van der Waals surface area contributed by atoms with Crippen LogP contribution >= 0.6 is 23.2 Å². The number of benzene rings is 5. The molecule has 0 aromatic heterocycles. The number of phenolic OH excluding ortho intramolecular Hbond substituents is 1. The molecule has 11 bridgehead atoms. The molecule has 109 heavy (non-hydrogen) atoms. The standard InChI is InChI=1S/C78H87Cl2N9O20/c1-9-15-16-17-18-19-26-81-78(102)84-60(90)40-53-72(96)85-64-46-36-58(108-55-24-21-44(34-50(55)79)68(92)66(75(99)83-53)88-71(95)52(32-42(7)8)82-41-61(91)106-30-13-5)70(94)59(37-46)109-56-25-22-45(35-51(56)80)69(93)67-76(100)87-65(77(101)107-31-14-6)49-38-47(103-27-10-2)39-57(105-29-12-4)62(49)48-33-43(20-23-54(48)104-28-11-3)63(73(97)89-67)86-74(64)98/h10-14,20-25,33-39,41-42,52-53,63-69,92-94H,2-6,9,15-19,26-32,40H2,1,7-8H3,(H,83,99)(H,85,96)(H,86,98)(H,87,100)(H,88,95)(H,89,97)(H2,81,84,90,102)/t52-,53+,63-,64-,65+,66-,67-,68-,69-/m1/s1. The molecule has 5 heterocycles. The van der Waals surface area contributed by atoms with Crippen molar-refractivity contribution in [3.8, 4) is 57.1 Å². The average Bonchev–Trinajstić information content (AvgIpc) is 0.760. The Morgan fingerprint density at radius 2 is 1.18 bits per heavy atom. The molecule has 9 amide bonds. The van der Waals surface area contributed by atoms with Gasteiger partial charge in [0.05, 0.1) is 16.5 Å². The van der Waals surface area contributed by atoms with Crippen molar-refractivity contribution in [2.75, 3.05) is 39.6 Å².